The van der Waals surface area contributed by atoms with E-state index in [1.54, 1.807) is 0 Å². The lowest BCUT2D eigenvalue weighted by atomic mass is 10.2. The van der Waals surface area contributed by atoms with Crippen molar-refractivity contribution in [1.82, 2.24) is 26.2 Å². The van der Waals surface area contributed by atoms with E-state index >= 15 is 0 Å². The Labute approximate surface area is 141 Å². The Bertz CT molecular complexity index is 250. The van der Waals surface area contributed by atoms with E-state index in [4.69, 9.17) is 0 Å². The normalized spacial score (nSPS) is 18.8. The van der Waals surface area contributed by atoms with Crippen LogP contribution in [-0.2, 0) is 9.53 Å². The van der Waals surface area contributed by atoms with Crippen molar-refractivity contribution in [3.8, 4) is 0 Å². The van der Waals surface area contributed by atoms with Crippen molar-refractivity contribution in [3.05, 3.63) is 0 Å². The number of hydrogen-bond acceptors (Lipinski definition) is 7. The zero-order chi connectivity index (χ0) is 17.4. The van der Waals surface area contributed by atoms with Crippen LogP contribution in [0, 0.1) is 0 Å². The van der Waals surface area contributed by atoms with Crippen molar-refractivity contribution < 1.29 is 9.53 Å². The van der Waals surface area contributed by atoms with E-state index in [0.29, 0.717) is 6.47 Å². The second kappa shape index (κ2) is 14.8. The highest BCUT2D eigenvalue weighted by Crippen LogP contribution is 2.02. The monoisotopic (exact) mass is 331 g/mol. The molecule has 0 bridgehead atoms. The molecule has 0 spiro atoms. The van der Waals surface area contributed by atoms with Crippen LogP contribution in [0.5, 0.6) is 0 Å². The number of piperazine rings is 2. The van der Waals surface area contributed by atoms with Gasteiger partial charge in [-0.3, -0.25) is 9.69 Å². The minimum atomic E-state index is -0.318. The van der Waals surface area contributed by atoms with Crippen LogP contribution >= 0.6 is 0 Å². The standard InChI is InChI=1S/C7H17N3.C5H10O2.C4H10N2/c1-8-2-5-10-6-3-9-4-7-10;1-5(2,3)7-4-6;1-2-6-4-3-5-1/h8-9H,2-7H2,1H3;4H,1-3H3;5-6H,1-4H2. The molecule has 7 heteroatoms. The molecule has 0 aromatic rings. The first-order valence-electron chi connectivity index (χ1n) is 8.60. The second-order valence-electron chi connectivity index (χ2n) is 6.52. The Morgan fingerprint density at radius 1 is 1.00 bits per heavy atom. The molecule has 2 aliphatic heterocycles. The van der Waals surface area contributed by atoms with E-state index in [-0.39, 0.29) is 5.60 Å². The van der Waals surface area contributed by atoms with Crippen LogP contribution in [0.1, 0.15) is 20.8 Å². The summed E-state index contributed by atoms with van der Waals surface area (Å²) in [6.45, 7) is 17.5. The third-order valence-corrected chi connectivity index (χ3v) is 3.25. The summed E-state index contributed by atoms with van der Waals surface area (Å²) in [5, 5.41) is 12.9. The fraction of sp³-hybridized carbons (Fsp3) is 0.938. The molecule has 0 aromatic heterocycles. The Morgan fingerprint density at radius 2 is 1.48 bits per heavy atom. The van der Waals surface area contributed by atoms with E-state index < -0.39 is 0 Å². The molecular formula is C16H37N5O2. The van der Waals surface area contributed by atoms with Crippen LogP contribution in [0.25, 0.3) is 0 Å². The van der Waals surface area contributed by atoms with Gasteiger partial charge in [-0.25, -0.2) is 0 Å². The molecule has 2 aliphatic rings. The summed E-state index contributed by atoms with van der Waals surface area (Å²) < 4.78 is 4.55. The van der Waals surface area contributed by atoms with Crippen LogP contribution in [0.2, 0.25) is 0 Å². The average Bonchev–Trinajstić information content (AvgIpc) is 2.56. The predicted molar refractivity (Wildman–Crippen MR) is 95.9 cm³/mol. The molecule has 2 heterocycles. The van der Waals surface area contributed by atoms with E-state index in [0.717, 1.165) is 45.8 Å². The van der Waals surface area contributed by atoms with Crippen LogP contribution in [0.3, 0.4) is 0 Å². The van der Waals surface area contributed by atoms with Crippen molar-refractivity contribution in [2.75, 3.05) is 72.5 Å². The van der Waals surface area contributed by atoms with Crippen LogP contribution in [0.15, 0.2) is 0 Å². The first-order valence-corrected chi connectivity index (χ1v) is 8.60. The highest BCUT2D eigenvalue weighted by molar-refractivity contribution is 5.37. The van der Waals surface area contributed by atoms with Gasteiger partial charge in [-0.15, -0.1) is 0 Å². The fourth-order valence-electron chi connectivity index (χ4n) is 1.95. The van der Waals surface area contributed by atoms with E-state index in [9.17, 15) is 4.79 Å². The molecule has 2 saturated heterocycles. The highest BCUT2D eigenvalue weighted by Gasteiger charge is 2.07. The van der Waals surface area contributed by atoms with Gasteiger partial charge in [0.2, 0.25) is 0 Å². The number of rotatable bonds is 4. The van der Waals surface area contributed by atoms with Crippen LogP contribution in [0.4, 0.5) is 0 Å². The van der Waals surface area contributed by atoms with Crippen molar-refractivity contribution in [2.45, 2.75) is 26.4 Å². The maximum atomic E-state index is 9.60. The van der Waals surface area contributed by atoms with Crippen molar-refractivity contribution in [3.63, 3.8) is 0 Å². The van der Waals surface area contributed by atoms with Crippen molar-refractivity contribution >= 4 is 6.47 Å². The summed E-state index contributed by atoms with van der Waals surface area (Å²) in [5.74, 6) is 0. The quantitative estimate of drug-likeness (QED) is 0.505. The zero-order valence-electron chi connectivity index (χ0n) is 15.4. The average molecular weight is 332 g/mol. The number of carbonyl (C=O) groups excluding carboxylic acids is 1. The number of carbonyl (C=O) groups is 1. The molecule has 23 heavy (non-hydrogen) atoms. The summed E-state index contributed by atoms with van der Waals surface area (Å²) in [6, 6.07) is 0. The lowest BCUT2D eigenvalue weighted by Gasteiger charge is -2.26. The Balaban J connectivity index is 0.000000329. The third kappa shape index (κ3) is 17.5. The molecule has 2 fully saturated rings. The summed E-state index contributed by atoms with van der Waals surface area (Å²) in [6.07, 6.45) is 0. The van der Waals surface area contributed by atoms with Gasteiger partial charge in [0.05, 0.1) is 0 Å². The van der Waals surface area contributed by atoms with Gasteiger partial charge in [0.15, 0.2) is 0 Å². The molecular weight excluding hydrogens is 294 g/mol. The molecule has 0 atom stereocenters. The molecule has 7 nitrogen and oxygen atoms in total. The highest BCUT2D eigenvalue weighted by atomic mass is 16.5. The lowest BCUT2D eigenvalue weighted by Crippen LogP contribution is -2.45. The number of nitrogens with zero attached hydrogens (tertiary/aromatic N) is 1. The van der Waals surface area contributed by atoms with Crippen LogP contribution in [-0.4, -0.2) is 89.5 Å². The Hall–Kier alpha value is -0.730. The minimum Gasteiger partial charge on any atom is -0.462 e. The lowest BCUT2D eigenvalue weighted by molar-refractivity contribution is -0.138. The smallest absolute Gasteiger partial charge is 0.293 e. The largest absolute Gasteiger partial charge is 0.462 e. The van der Waals surface area contributed by atoms with Crippen molar-refractivity contribution in [1.29, 1.82) is 0 Å². The summed E-state index contributed by atoms with van der Waals surface area (Å²) in [5.41, 5.74) is -0.318. The first kappa shape index (κ1) is 22.3. The van der Waals surface area contributed by atoms with Gasteiger partial charge in [0.1, 0.15) is 5.60 Å². The van der Waals surface area contributed by atoms with Gasteiger partial charge < -0.3 is 26.0 Å². The summed E-state index contributed by atoms with van der Waals surface area (Å²) in [4.78, 5) is 12.1. The molecule has 0 radical (unpaired) electrons. The van der Waals surface area contributed by atoms with E-state index in [1.165, 1.54) is 19.6 Å². The maximum absolute atomic E-state index is 9.60. The molecule has 138 valence electrons. The maximum Gasteiger partial charge on any atom is 0.293 e. The summed E-state index contributed by atoms with van der Waals surface area (Å²) >= 11 is 0. The molecule has 0 unspecified atom stereocenters. The number of ether oxygens (including phenoxy) is 1. The summed E-state index contributed by atoms with van der Waals surface area (Å²) in [7, 11) is 2.00. The zero-order valence-corrected chi connectivity index (χ0v) is 15.4. The van der Waals surface area contributed by atoms with Gasteiger partial charge in [-0.2, -0.15) is 0 Å². The van der Waals surface area contributed by atoms with Gasteiger partial charge >= 0.3 is 0 Å². The third-order valence-electron chi connectivity index (χ3n) is 3.25. The van der Waals surface area contributed by atoms with Gasteiger partial charge in [0, 0.05) is 65.4 Å². The predicted octanol–water partition coefficient (Wildman–Crippen LogP) is -0.752. The van der Waals surface area contributed by atoms with E-state index in [1.807, 2.05) is 27.8 Å². The van der Waals surface area contributed by atoms with Crippen molar-refractivity contribution in [2.24, 2.45) is 0 Å². The van der Waals surface area contributed by atoms with Crippen LogP contribution < -0.4 is 21.3 Å². The van der Waals surface area contributed by atoms with Gasteiger partial charge in [-0.1, -0.05) is 0 Å². The first-order chi connectivity index (χ1) is 11.0. The number of nitrogens with one attached hydrogen (secondary N) is 4. The molecule has 4 N–H and O–H groups in total. The van der Waals surface area contributed by atoms with E-state index in [2.05, 4.69) is 30.9 Å². The topological polar surface area (TPSA) is 77.7 Å². The van der Waals surface area contributed by atoms with Gasteiger partial charge in [0.25, 0.3) is 6.47 Å². The Kier molecular flexibility index (Phi) is 14.4. The number of hydrogen-bond donors (Lipinski definition) is 4. The molecule has 0 aromatic carbocycles. The Morgan fingerprint density at radius 3 is 1.78 bits per heavy atom. The number of likely N-dealkylation sites (N-methyl/N-ethyl adjacent to an activating group) is 1. The molecule has 0 amide bonds. The van der Waals surface area contributed by atoms with Gasteiger partial charge in [-0.05, 0) is 27.8 Å². The second-order valence-corrected chi connectivity index (χ2v) is 6.52. The SMILES string of the molecule is C1CNCCN1.CC(C)(C)OC=O.CNCCN1CCNCC1. The molecule has 0 saturated carbocycles. The minimum absolute atomic E-state index is 0.318. The molecule has 0 aliphatic carbocycles. The molecule has 2 rings (SSSR count). The fourth-order valence-corrected chi connectivity index (χ4v) is 1.95.